The first-order valence-electron chi connectivity index (χ1n) is 7.33. The molecule has 0 heterocycles. The molecule has 1 saturated carbocycles. The molecule has 2 N–H and O–H groups in total. The van der Waals surface area contributed by atoms with Crippen LogP contribution in [0.3, 0.4) is 0 Å². The van der Waals surface area contributed by atoms with Gasteiger partial charge in [-0.05, 0) is 19.3 Å². The summed E-state index contributed by atoms with van der Waals surface area (Å²) in [6.45, 7) is 4.44. The van der Waals surface area contributed by atoms with E-state index in [2.05, 4.69) is 11.9 Å². The highest BCUT2D eigenvalue weighted by atomic mass is 16.5. The van der Waals surface area contributed by atoms with Gasteiger partial charge in [0.05, 0.1) is 18.3 Å². The van der Waals surface area contributed by atoms with Crippen molar-refractivity contribution in [2.75, 3.05) is 13.2 Å². The Balaban J connectivity index is 2.42. The Morgan fingerprint density at radius 2 is 1.90 bits per heavy atom. The van der Waals surface area contributed by atoms with Crippen molar-refractivity contribution in [1.29, 1.82) is 0 Å². The zero-order valence-electron chi connectivity index (χ0n) is 12.0. The van der Waals surface area contributed by atoms with E-state index in [1.807, 2.05) is 0 Å². The van der Waals surface area contributed by atoms with Gasteiger partial charge in [0, 0.05) is 13.0 Å². The van der Waals surface area contributed by atoms with Gasteiger partial charge in [-0.15, -0.1) is 0 Å². The summed E-state index contributed by atoms with van der Waals surface area (Å²) in [4.78, 5) is 23.5. The molecule has 0 bridgehead atoms. The van der Waals surface area contributed by atoms with Gasteiger partial charge in [0.2, 0.25) is 5.91 Å². The molecule has 0 aromatic rings. The van der Waals surface area contributed by atoms with E-state index in [1.54, 1.807) is 0 Å². The third kappa shape index (κ3) is 5.23. The van der Waals surface area contributed by atoms with Crippen LogP contribution in [-0.2, 0) is 14.3 Å². The average Bonchev–Trinajstić information content (AvgIpc) is 2.65. The van der Waals surface area contributed by atoms with Crippen LogP contribution < -0.4 is 5.32 Å². The number of ether oxygens (including phenoxy) is 1. The summed E-state index contributed by atoms with van der Waals surface area (Å²) in [6, 6.07) is 0. The Bertz CT molecular complexity index is 333. The van der Waals surface area contributed by atoms with Gasteiger partial charge in [0.15, 0.2) is 0 Å². The number of amides is 1. The third-order valence-electron chi connectivity index (χ3n) is 3.89. The van der Waals surface area contributed by atoms with Gasteiger partial charge in [0.1, 0.15) is 0 Å². The lowest BCUT2D eigenvalue weighted by Crippen LogP contribution is -2.37. The Kier molecular flexibility index (Phi) is 7.12. The summed E-state index contributed by atoms with van der Waals surface area (Å²) in [5.41, 5.74) is -0.863. The minimum absolute atomic E-state index is 0.0879. The van der Waals surface area contributed by atoms with Gasteiger partial charge in [-0.1, -0.05) is 32.3 Å². The Hall–Kier alpha value is -1.52. The molecule has 0 aromatic heterocycles. The summed E-state index contributed by atoms with van der Waals surface area (Å²) >= 11 is 0. The molecule has 5 nitrogen and oxygen atoms in total. The van der Waals surface area contributed by atoms with Crippen molar-refractivity contribution in [3.63, 3.8) is 0 Å². The highest BCUT2D eigenvalue weighted by Crippen LogP contribution is 2.38. The zero-order valence-corrected chi connectivity index (χ0v) is 12.0. The molecule has 1 aliphatic carbocycles. The molecule has 0 aliphatic heterocycles. The molecule has 0 radical (unpaired) electrons. The summed E-state index contributed by atoms with van der Waals surface area (Å²) in [5, 5.41) is 12.3. The number of hydrogen-bond donors (Lipinski definition) is 2. The lowest BCUT2D eigenvalue weighted by atomic mass is 9.77. The average molecular weight is 283 g/mol. The standard InChI is InChI=1S/C15H25NO4/c1-2-20-11-7-10-16-13(17)12-15(14(18)19)8-5-3-4-6-9-15/h2H,1,3-12H2,(H,16,17)(H,18,19). The lowest BCUT2D eigenvalue weighted by Gasteiger charge is -2.27. The molecule has 0 aromatic carbocycles. The lowest BCUT2D eigenvalue weighted by molar-refractivity contribution is -0.152. The van der Waals surface area contributed by atoms with Gasteiger partial charge in [-0.25, -0.2) is 0 Å². The maximum atomic E-state index is 11.9. The Labute approximate surface area is 120 Å². The highest BCUT2D eigenvalue weighted by Gasteiger charge is 2.40. The van der Waals surface area contributed by atoms with Crippen LogP contribution in [0, 0.1) is 5.41 Å². The fourth-order valence-electron chi connectivity index (χ4n) is 2.71. The molecular weight excluding hydrogens is 258 g/mol. The van der Waals surface area contributed by atoms with Crippen LogP contribution in [0.2, 0.25) is 0 Å². The number of nitrogens with one attached hydrogen (secondary N) is 1. The van der Waals surface area contributed by atoms with Crippen molar-refractivity contribution < 1.29 is 19.4 Å². The van der Waals surface area contributed by atoms with E-state index in [0.717, 1.165) is 25.7 Å². The van der Waals surface area contributed by atoms with Gasteiger partial charge < -0.3 is 15.2 Å². The Morgan fingerprint density at radius 1 is 1.25 bits per heavy atom. The van der Waals surface area contributed by atoms with Crippen LogP contribution >= 0.6 is 0 Å². The molecule has 1 fully saturated rings. The normalized spacial score (nSPS) is 17.8. The van der Waals surface area contributed by atoms with Gasteiger partial charge in [-0.2, -0.15) is 0 Å². The summed E-state index contributed by atoms with van der Waals surface area (Å²) in [6.07, 6.45) is 7.28. The fraction of sp³-hybridized carbons (Fsp3) is 0.733. The number of carboxylic acid groups (broad SMARTS) is 1. The molecule has 5 heteroatoms. The van der Waals surface area contributed by atoms with Crippen LogP contribution in [0.5, 0.6) is 0 Å². The topological polar surface area (TPSA) is 75.6 Å². The Morgan fingerprint density at radius 3 is 2.45 bits per heavy atom. The number of aliphatic carboxylic acids is 1. The minimum Gasteiger partial charge on any atom is -0.502 e. The van der Waals surface area contributed by atoms with E-state index in [4.69, 9.17) is 4.74 Å². The van der Waals surface area contributed by atoms with E-state index in [0.29, 0.717) is 32.4 Å². The second-order valence-corrected chi connectivity index (χ2v) is 5.42. The first-order valence-corrected chi connectivity index (χ1v) is 7.33. The van der Waals surface area contributed by atoms with E-state index >= 15 is 0 Å². The largest absolute Gasteiger partial charge is 0.502 e. The van der Waals surface area contributed by atoms with E-state index in [-0.39, 0.29) is 12.3 Å². The maximum absolute atomic E-state index is 11.9. The molecule has 0 spiro atoms. The maximum Gasteiger partial charge on any atom is 0.310 e. The van der Waals surface area contributed by atoms with Gasteiger partial charge >= 0.3 is 5.97 Å². The summed E-state index contributed by atoms with van der Waals surface area (Å²) in [7, 11) is 0. The zero-order chi connectivity index (χ0) is 14.8. The third-order valence-corrected chi connectivity index (χ3v) is 3.89. The van der Waals surface area contributed by atoms with Crippen LogP contribution in [-0.4, -0.2) is 30.1 Å². The van der Waals surface area contributed by atoms with Crippen LogP contribution in [0.15, 0.2) is 12.8 Å². The number of carbonyl (C=O) groups excluding carboxylic acids is 1. The first kappa shape index (κ1) is 16.5. The monoisotopic (exact) mass is 283 g/mol. The number of hydrogen-bond acceptors (Lipinski definition) is 3. The van der Waals surface area contributed by atoms with Crippen molar-refractivity contribution in [3.8, 4) is 0 Å². The number of rotatable bonds is 8. The number of carboxylic acids is 1. The predicted octanol–water partition coefficient (Wildman–Crippen LogP) is 2.47. The van der Waals surface area contributed by atoms with Crippen molar-refractivity contribution in [3.05, 3.63) is 12.8 Å². The van der Waals surface area contributed by atoms with Crippen molar-refractivity contribution in [2.45, 2.75) is 51.4 Å². The molecule has 114 valence electrons. The molecule has 0 unspecified atom stereocenters. The highest BCUT2D eigenvalue weighted by molar-refractivity contribution is 5.85. The number of carbonyl (C=O) groups is 2. The molecular formula is C15H25NO4. The second kappa shape index (κ2) is 8.61. The minimum atomic E-state index is -0.863. The molecule has 20 heavy (non-hydrogen) atoms. The van der Waals surface area contributed by atoms with E-state index in [9.17, 15) is 14.7 Å². The van der Waals surface area contributed by atoms with Crippen molar-refractivity contribution in [1.82, 2.24) is 5.32 Å². The van der Waals surface area contributed by atoms with Crippen molar-refractivity contribution >= 4 is 11.9 Å². The van der Waals surface area contributed by atoms with Gasteiger partial charge in [-0.3, -0.25) is 9.59 Å². The molecule has 1 aliphatic rings. The summed E-state index contributed by atoms with van der Waals surface area (Å²) < 4.78 is 4.96. The quantitative estimate of drug-likeness (QED) is 0.407. The first-order chi connectivity index (χ1) is 9.60. The fourth-order valence-corrected chi connectivity index (χ4v) is 2.71. The smallest absolute Gasteiger partial charge is 0.310 e. The van der Waals surface area contributed by atoms with E-state index in [1.165, 1.54) is 6.26 Å². The molecule has 1 amide bonds. The second-order valence-electron chi connectivity index (χ2n) is 5.42. The van der Waals surface area contributed by atoms with Crippen LogP contribution in [0.4, 0.5) is 0 Å². The van der Waals surface area contributed by atoms with Crippen molar-refractivity contribution in [2.24, 2.45) is 5.41 Å². The molecule has 0 saturated heterocycles. The predicted molar refractivity (Wildman–Crippen MR) is 76.2 cm³/mol. The van der Waals surface area contributed by atoms with Crippen LogP contribution in [0.25, 0.3) is 0 Å². The SMILES string of the molecule is C=COCCCNC(=O)CC1(C(=O)O)CCCCCC1. The summed E-state index contributed by atoms with van der Waals surface area (Å²) in [5.74, 6) is -1.00. The molecule has 0 atom stereocenters. The van der Waals surface area contributed by atoms with E-state index < -0.39 is 11.4 Å². The van der Waals surface area contributed by atoms with Crippen LogP contribution in [0.1, 0.15) is 51.4 Å². The molecule has 1 rings (SSSR count). The van der Waals surface area contributed by atoms with Gasteiger partial charge in [0.25, 0.3) is 0 Å².